The molecule has 0 bridgehead atoms. The third kappa shape index (κ3) is 4.81. The first-order chi connectivity index (χ1) is 5.97. The fraction of sp³-hybridized carbons (Fsp3) is 1.00. The van der Waals surface area contributed by atoms with Crippen molar-refractivity contribution in [2.45, 2.75) is 0 Å². The Morgan fingerprint density at radius 3 is 2.23 bits per heavy atom. The average Bonchev–Trinajstić information content (AvgIpc) is 2.02. The molecule has 78 valence electrons. The van der Waals surface area contributed by atoms with Gasteiger partial charge in [0.1, 0.15) is 0 Å². The van der Waals surface area contributed by atoms with Crippen LogP contribution in [-0.2, 0) is 9.05 Å². The molecule has 0 aliphatic carbocycles. The minimum Gasteiger partial charge on any atom is -0.304 e. The molecule has 4 nitrogen and oxygen atoms in total. The van der Waals surface area contributed by atoms with E-state index in [1.165, 1.54) is 0 Å². The maximum Gasteiger partial charge on any atom is 0.233 e. The zero-order chi connectivity index (χ0) is 9.90. The van der Waals surface area contributed by atoms with Gasteiger partial charge in [0.25, 0.3) is 0 Å². The molecule has 0 spiro atoms. The first-order valence-electron chi connectivity index (χ1n) is 4.30. The van der Waals surface area contributed by atoms with Crippen LogP contribution in [0.3, 0.4) is 0 Å². The number of hydrogen-bond acceptors (Lipinski definition) is 4. The molecule has 1 saturated heterocycles. The van der Waals surface area contributed by atoms with Crippen LogP contribution >= 0.6 is 10.7 Å². The van der Waals surface area contributed by atoms with Crippen LogP contribution in [0.5, 0.6) is 0 Å². The standard InChI is InChI=1S/C7H15ClN2O2S/c1-9-2-4-10(5-3-9)6-7-13(8,11)12/h2-7H2,1H3. The molecule has 1 rings (SSSR count). The Balaban J connectivity index is 2.24. The molecular weight excluding hydrogens is 212 g/mol. The van der Waals surface area contributed by atoms with E-state index in [1.807, 2.05) is 0 Å². The van der Waals surface area contributed by atoms with E-state index < -0.39 is 9.05 Å². The lowest BCUT2D eigenvalue weighted by Gasteiger charge is -2.31. The van der Waals surface area contributed by atoms with Gasteiger partial charge in [0.15, 0.2) is 0 Å². The number of likely N-dealkylation sites (N-methyl/N-ethyl adjacent to an activating group) is 1. The molecule has 6 heteroatoms. The number of hydrogen-bond donors (Lipinski definition) is 0. The van der Waals surface area contributed by atoms with Crippen molar-refractivity contribution in [3.05, 3.63) is 0 Å². The molecule has 0 radical (unpaired) electrons. The van der Waals surface area contributed by atoms with E-state index in [0.29, 0.717) is 6.54 Å². The first kappa shape index (κ1) is 11.2. The fourth-order valence-electron chi connectivity index (χ4n) is 1.31. The van der Waals surface area contributed by atoms with Crippen molar-refractivity contribution in [1.82, 2.24) is 9.80 Å². The van der Waals surface area contributed by atoms with Crippen LogP contribution < -0.4 is 0 Å². The number of piperazine rings is 1. The summed E-state index contributed by atoms with van der Waals surface area (Å²) in [7, 11) is 3.86. The Morgan fingerprint density at radius 2 is 1.77 bits per heavy atom. The van der Waals surface area contributed by atoms with Gasteiger partial charge in [0.2, 0.25) is 9.05 Å². The van der Waals surface area contributed by atoms with Crippen molar-refractivity contribution in [3.8, 4) is 0 Å². The molecular formula is C7H15ClN2O2S. The SMILES string of the molecule is CN1CCN(CCS(=O)(=O)Cl)CC1. The van der Waals surface area contributed by atoms with E-state index in [2.05, 4.69) is 16.8 Å². The monoisotopic (exact) mass is 226 g/mol. The van der Waals surface area contributed by atoms with Gasteiger partial charge in [-0.15, -0.1) is 0 Å². The van der Waals surface area contributed by atoms with Crippen molar-refractivity contribution < 1.29 is 8.42 Å². The summed E-state index contributed by atoms with van der Waals surface area (Å²) in [5, 5.41) is 0. The molecule has 0 amide bonds. The van der Waals surface area contributed by atoms with Gasteiger partial charge in [-0.25, -0.2) is 8.42 Å². The van der Waals surface area contributed by atoms with Gasteiger partial charge in [-0.05, 0) is 7.05 Å². The van der Waals surface area contributed by atoms with Crippen molar-refractivity contribution >= 4 is 19.7 Å². The zero-order valence-electron chi connectivity index (χ0n) is 7.74. The summed E-state index contributed by atoms with van der Waals surface area (Å²) in [5.41, 5.74) is 0. The number of nitrogens with zero attached hydrogens (tertiary/aromatic N) is 2. The lowest BCUT2D eigenvalue weighted by atomic mass is 10.3. The van der Waals surface area contributed by atoms with Crippen molar-refractivity contribution in [1.29, 1.82) is 0 Å². The smallest absolute Gasteiger partial charge is 0.233 e. The predicted octanol–water partition coefficient (Wildman–Crippen LogP) is -0.198. The maximum atomic E-state index is 10.7. The highest BCUT2D eigenvalue weighted by Crippen LogP contribution is 2.02. The van der Waals surface area contributed by atoms with Crippen molar-refractivity contribution in [3.63, 3.8) is 0 Å². The first-order valence-corrected chi connectivity index (χ1v) is 6.78. The normalized spacial score (nSPS) is 22.0. The van der Waals surface area contributed by atoms with Gasteiger partial charge in [-0.1, -0.05) is 0 Å². The summed E-state index contributed by atoms with van der Waals surface area (Å²) >= 11 is 0. The Kier molecular flexibility index (Phi) is 3.97. The Labute approximate surface area is 83.9 Å². The predicted molar refractivity (Wildman–Crippen MR) is 53.6 cm³/mol. The fourth-order valence-corrected chi connectivity index (χ4v) is 1.99. The van der Waals surface area contributed by atoms with E-state index in [-0.39, 0.29) is 5.75 Å². The van der Waals surface area contributed by atoms with Crippen molar-refractivity contribution in [2.75, 3.05) is 45.5 Å². The van der Waals surface area contributed by atoms with Crippen LogP contribution in [0.1, 0.15) is 0 Å². The lowest BCUT2D eigenvalue weighted by molar-refractivity contribution is 0.161. The molecule has 1 heterocycles. The van der Waals surface area contributed by atoms with E-state index in [4.69, 9.17) is 10.7 Å². The zero-order valence-corrected chi connectivity index (χ0v) is 9.31. The van der Waals surface area contributed by atoms with Gasteiger partial charge in [0.05, 0.1) is 5.75 Å². The molecule has 0 saturated carbocycles. The summed E-state index contributed by atoms with van der Waals surface area (Å²) in [4.78, 5) is 4.35. The van der Waals surface area contributed by atoms with E-state index in [9.17, 15) is 8.42 Å². The quantitative estimate of drug-likeness (QED) is 0.626. The highest BCUT2D eigenvalue weighted by atomic mass is 35.7. The molecule has 0 aromatic rings. The van der Waals surface area contributed by atoms with E-state index in [1.54, 1.807) is 0 Å². The van der Waals surface area contributed by atoms with Crippen LogP contribution in [-0.4, -0.2) is 63.7 Å². The van der Waals surface area contributed by atoms with Gasteiger partial charge in [0, 0.05) is 43.4 Å². The second-order valence-corrected chi connectivity index (χ2v) is 6.28. The Hall–Kier alpha value is 0.160. The van der Waals surface area contributed by atoms with Crippen LogP contribution in [0.25, 0.3) is 0 Å². The van der Waals surface area contributed by atoms with Crippen LogP contribution in [0, 0.1) is 0 Å². The third-order valence-corrected chi connectivity index (χ3v) is 3.38. The van der Waals surface area contributed by atoms with E-state index in [0.717, 1.165) is 26.2 Å². The lowest BCUT2D eigenvalue weighted by Crippen LogP contribution is -2.45. The minimum absolute atomic E-state index is 0.0538. The summed E-state index contributed by atoms with van der Waals surface area (Å²) < 4.78 is 21.3. The average molecular weight is 227 g/mol. The second-order valence-electron chi connectivity index (χ2n) is 3.39. The molecule has 1 aliphatic rings. The van der Waals surface area contributed by atoms with Gasteiger partial charge >= 0.3 is 0 Å². The van der Waals surface area contributed by atoms with E-state index >= 15 is 0 Å². The minimum atomic E-state index is -3.32. The highest BCUT2D eigenvalue weighted by molar-refractivity contribution is 8.13. The Morgan fingerprint density at radius 1 is 1.23 bits per heavy atom. The second kappa shape index (κ2) is 4.59. The summed E-state index contributed by atoms with van der Waals surface area (Å²) in [6.07, 6.45) is 0. The molecule has 0 atom stereocenters. The summed E-state index contributed by atoms with van der Waals surface area (Å²) in [6.45, 7) is 4.43. The van der Waals surface area contributed by atoms with Crippen LogP contribution in [0.15, 0.2) is 0 Å². The molecule has 0 unspecified atom stereocenters. The Bertz CT molecular complexity index is 247. The molecule has 0 aromatic heterocycles. The highest BCUT2D eigenvalue weighted by Gasteiger charge is 2.15. The van der Waals surface area contributed by atoms with Gasteiger partial charge in [-0.2, -0.15) is 0 Å². The third-order valence-electron chi connectivity index (χ3n) is 2.25. The topological polar surface area (TPSA) is 40.6 Å². The van der Waals surface area contributed by atoms with Gasteiger partial charge < -0.3 is 4.90 Å². The molecule has 1 aliphatic heterocycles. The molecule has 0 aromatic carbocycles. The van der Waals surface area contributed by atoms with Crippen LogP contribution in [0.2, 0.25) is 0 Å². The van der Waals surface area contributed by atoms with Crippen LogP contribution in [0.4, 0.5) is 0 Å². The molecule has 1 fully saturated rings. The number of halogens is 1. The van der Waals surface area contributed by atoms with Crippen molar-refractivity contribution in [2.24, 2.45) is 0 Å². The summed E-state index contributed by atoms with van der Waals surface area (Å²) in [6, 6.07) is 0. The molecule has 13 heavy (non-hydrogen) atoms. The maximum absolute atomic E-state index is 10.7. The summed E-state index contributed by atoms with van der Waals surface area (Å²) in [5.74, 6) is 0.0538. The molecule has 0 N–H and O–H groups in total. The largest absolute Gasteiger partial charge is 0.304 e. The van der Waals surface area contributed by atoms with Gasteiger partial charge in [-0.3, -0.25) is 4.90 Å². The number of rotatable bonds is 3.